The van der Waals surface area contributed by atoms with E-state index >= 15 is 0 Å². The number of carbonyl (C=O) groups excluding carboxylic acids is 1. The number of hydrogen-bond acceptors (Lipinski definition) is 6. The molecule has 160 valence electrons. The number of aromatic nitrogens is 1. The predicted octanol–water partition coefficient (Wildman–Crippen LogP) is 5.49. The maximum Gasteiger partial charge on any atom is 0.290 e. The normalized spacial score (nSPS) is 12.8. The Labute approximate surface area is 185 Å². The van der Waals surface area contributed by atoms with Gasteiger partial charge in [0, 0.05) is 24.3 Å². The van der Waals surface area contributed by atoms with Crippen LogP contribution in [-0.4, -0.2) is 42.3 Å². The summed E-state index contributed by atoms with van der Waals surface area (Å²) >= 11 is 9.45. The number of nitrogens with zero attached hydrogens (tertiary/aromatic N) is 2. The molecule has 0 aliphatic heterocycles. The average molecular weight is 458 g/mol. The summed E-state index contributed by atoms with van der Waals surface area (Å²) in [7, 11) is 1.89. The number of thioether (sulfide) groups is 1. The Hall–Kier alpha value is -1.77. The van der Waals surface area contributed by atoms with Crippen molar-refractivity contribution >= 4 is 58.4 Å². The van der Waals surface area contributed by atoms with E-state index in [2.05, 4.69) is 17.2 Å². The fourth-order valence-corrected chi connectivity index (χ4v) is 4.84. The molecule has 1 saturated carbocycles. The Morgan fingerprint density at radius 3 is 2.59 bits per heavy atom. The summed E-state index contributed by atoms with van der Waals surface area (Å²) in [5, 5.41) is 11.6. The zero-order valence-corrected chi connectivity index (χ0v) is 19.1. The Kier molecular flexibility index (Phi) is 13.2. The van der Waals surface area contributed by atoms with E-state index in [1.807, 2.05) is 49.3 Å². The molecule has 0 atom stereocenters. The molecule has 9 heteroatoms. The molecular formula is C20H28ClN3O3S2. The number of hydrogen-bond donors (Lipinski definition) is 2. The highest BCUT2D eigenvalue weighted by Crippen LogP contribution is 2.28. The van der Waals surface area contributed by atoms with E-state index in [1.165, 1.54) is 29.9 Å². The molecular weight excluding hydrogens is 430 g/mol. The molecule has 29 heavy (non-hydrogen) atoms. The van der Waals surface area contributed by atoms with Crippen LogP contribution in [0, 0.1) is 5.92 Å². The van der Waals surface area contributed by atoms with Gasteiger partial charge in [-0.2, -0.15) is 0 Å². The van der Waals surface area contributed by atoms with Gasteiger partial charge in [0.15, 0.2) is 5.13 Å². The fraction of sp³-hybridized carbons (Fsp3) is 0.450. The first kappa shape index (κ1) is 25.3. The van der Waals surface area contributed by atoms with Crippen molar-refractivity contribution in [2.45, 2.75) is 36.8 Å². The van der Waals surface area contributed by atoms with E-state index < -0.39 is 0 Å². The molecule has 0 bridgehead atoms. The molecule has 1 aliphatic carbocycles. The van der Waals surface area contributed by atoms with Gasteiger partial charge in [0.2, 0.25) is 6.41 Å². The summed E-state index contributed by atoms with van der Waals surface area (Å²) < 4.78 is 1.28. The van der Waals surface area contributed by atoms with Crippen molar-refractivity contribution in [1.82, 2.24) is 4.98 Å². The van der Waals surface area contributed by atoms with E-state index in [4.69, 9.17) is 21.5 Å². The first-order chi connectivity index (χ1) is 14.1. The maximum atomic E-state index is 11.1. The third kappa shape index (κ3) is 10.0. The van der Waals surface area contributed by atoms with E-state index in [0.29, 0.717) is 10.9 Å². The Balaban J connectivity index is 0.000000277. The van der Waals surface area contributed by atoms with Crippen LogP contribution in [0.3, 0.4) is 0 Å². The third-order valence-corrected chi connectivity index (χ3v) is 6.51. The van der Waals surface area contributed by atoms with Crippen LogP contribution in [0.2, 0.25) is 5.02 Å². The minimum atomic E-state index is -0.250. The third-order valence-electron chi connectivity index (χ3n) is 4.18. The number of nitrogens with one attached hydrogen (secondary N) is 1. The summed E-state index contributed by atoms with van der Waals surface area (Å²) in [6, 6.07) is 7.46. The van der Waals surface area contributed by atoms with Crippen molar-refractivity contribution in [2.24, 2.45) is 5.92 Å². The molecule has 1 aliphatic rings. The highest BCUT2D eigenvalue weighted by Gasteiger charge is 2.18. The highest BCUT2D eigenvalue weighted by molar-refractivity contribution is 8.01. The molecule has 1 amide bonds. The summed E-state index contributed by atoms with van der Waals surface area (Å²) in [4.78, 5) is 25.4. The number of rotatable bonds is 7. The van der Waals surface area contributed by atoms with Gasteiger partial charge >= 0.3 is 0 Å². The van der Waals surface area contributed by atoms with E-state index in [1.54, 1.807) is 16.2 Å². The lowest BCUT2D eigenvalue weighted by Gasteiger charge is -2.21. The largest absolute Gasteiger partial charge is 0.483 e. The number of carboxylic acid groups (broad SMARTS) is 1. The molecule has 1 aromatic heterocycles. The lowest BCUT2D eigenvalue weighted by atomic mass is 10.1. The second kappa shape index (κ2) is 15.1. The summed E-state index contributed by atoms with van der Waals surface area (Å²) in [6.45, 7) is 2.72. The van der Waals surface area contributed by atoms with E-state index in [-0.39, 0.29) is 6.47 Å². The van der Waals surface area contributed by atoms with E-state index in [9.17, 15) is 4.79 Å². The zero-order chi connectivity index (χ0) is 21.5. The average Bonchev–Trinajstić information content (AvgIpc) is 3.39. The molecule has 0 radical (unpaired) electrons. The number of benzene rings is 1. The molecule has 0 spiro atoms. The topological polar surface area (TPSA) is 82.5 Å². The minimum absolute atomic E-state index is 0.250. The van der Waals surface area contributed by atoms with Crippen LogP contribution >= 0.6 is 34.7 Å². The molecule has 1 aromatic carbocycles. The molecule has 0 unspecified atom stereocenters. The predicted molar refractivity (Wildman–Crippen MR) is 124 cm³/mol. The van der Waals surface area contributed by atoms with Crippen molar-refractivity contribution in [1.29, 1.82) is 0 Å². The summed E-state index contributed by atoms with van der Waals surface area (Å²) in [5.41, 5.74) is 0.898. The Morgan fingerprint density at radius 2 is 2.07 bits per heavy atom. The van der Waals surface area contributed by atoms with Crippen molar-refractivity contribution in [3.05, 3.63) is 35.5 Å². The van der Waals surface area contributed by atoms with Gasteiger partial charge in [0.1, 0.15) is 0 Å². The van der Waals surface area contributed by atoms with Crippen LogP contribution in [0.1, 0.15) is 32.6 Å². The Bertz CT molecular complexity index is 725. The lowest BCUT2D eigenvalue weighted by Crippen LogP contribution is -2.26. The second-order valence-corrected chi connectivity index (χ2v) is 9.19. The minimum Gasteiger partial charge on any atom is -0.483 e. The van der Waals surface area contributed by atoms with E-state index in [0.717, 1.165) is 29.5 Å². The van der Waals surface area contributed by atoms with Gasteiger partial charge in [-0.15, -0.1) is 11.8 Å². The van der Waals surface area contributed by atoms with Gasteiger partial charge in [-0.25, -0.2) is 4.98 Å². The molecule has 1 fully saturated rings. The molecule has 2 aromatic rings. The van der Waals surface area contributed by atoms with Crippen LogP contribution in [0.25, 0.3) is 0 Å². The van der Waals surface area contributed by atoms with Crippen LogP contribution in [0.15, 0.2) is 34.7 Å². The number of carbonyl (C=O) groups is 2. The van der Waals surface area contributed by atoms with Gasteiger partial charge in [-0.1, -0.05) is 48.8 Å². The monoisotopic (exact) mass is 457 g/mol. The van der Waals surface area contributed by atoms with Gasteiger partial charge in [-0.05, 0) is 42.7 Å². The van der Waals surface area contributed by atoms with Crippen LogP contribution < -0.4 is 10.2 Å². The number of anilines is 2. The number of halogens is 1. The first-order valence-electron chi connectivity index (χ1n) is 9.39. The van der Waals surface area contributed by atoms with Gasteiger partial charge < -0.3 is 15.3 Å². The lowest BCUT2D eigenvalue weighted by molar-refractivity contribution is -0.122. The highest BCUT2D eigenvalue weighted by atomic mass is 35.5. The second-order valence-electron chi connectivity index (χ2n) is 6.16. The number of thiazole rings is 1. The quantitative estimate of drug-likeness (QED) is 0.422. The first-order valence-corrected chi connectivity index (χ1v) is 11.6. The molecule has 2 N–H and O–H groups in total. The summed E-state index contributed by atoms with van der Waals surface area (Å²) in [6.07, 6.45) is 7.89. The molecule has 3 rings (SSSR count). The SMILES string of the molecule is CCSc1cnc(NC)s1.O=CN(CC1CCCC1)c1cccc(Cl)c1.O=CO. The van der Waals surface area contributed by atoms with Crippen LogP contribution in [-0.2, 0) is 9.59 Å². The van der Waals surface area contributed by atoms with Crippen LogP contribution in [0.4, 0.5) is 10.8 Å². The van der Waals surface area contributed by atoms with Crippen molar-refractivity contribution < 1.29 is 14.7 Å². The fourth-order valence-electron chi connectivity index (χ4n) is 2.92. The van der Waals surface area contributed by atoms with Gasteiger partial charge in [0.05, 0.1) is 10.4 Å². The molecule has 1 heterocycles. The van der Waals surface area contributed by atoms with Gasteiger partial charge in [-0.3, -0.25) is 9.59 Å². The van der Waals surface area contributed by atoms with Gasteiger partial charge in [0.25, 0.3) is 6.47 Å². The molecule has 0 saturated heterocycles. The Morgan fingerprint density at radius 1 is 1.38 bits per heavy atom. The zero-order valence-electron chi connectivity index (χ0n) is 16.7. The standard InChI is InChI=1S/C13H16ClNO.C6H10N2S2.CH2O2/c14-12-6-3-7-13(8-12)15(10-16)9-11-4-1-2-5-11;1-3-9-5-4-8-6(7-2)10-5;2-1-3/h3,6-8,10-11H,1-2,4-5,9H2;4H,3H2,1-2H3,(H,7,8);1H,(H,2,3). The smallest absolute Gasteiger partial charge is 0.290 e. The summed E-state index contributed by atoms with van der Waals surface area (Å²) in [5.74, 6) is 1.77. The van der Waals surface area contributed by atoms with Crippen molar-refractivity contribution in [3.63, 3.8) is 0 Å². The van der Waals surface area contributed by atoms with Crippen molar-refractivity contribution in [2.75, 3.05) is 29.6 Å². The van der Waals surface area contributed by atoms with Crippen molar-refractivity contribution in [3.8, 4) is 0 Å². The maximum absolute atomic E-state index is 11.1. The molecule has 6 nitrogen and oxygen atoms in total. The number of amides is 1. The van der Waals surface area contributed by atoms with Crippen LogP contribution in [0.5, 0.6) is 0 Å².